The molecule has 1 saturated heterocycles. The van der Waals surface area contributed by atoms with Crippen molar-refractivity contribution in [1.29, 1.82) is 0 Å². The van der Waals surface area contributed by atoms with Crippen molar-refractivity contribution in [3.63, 3.8) is 0 Å². The first kappa shape index (κ1) is 22.9. The number of piperazine rings is 1. The van der Waals surface area contributed by atoms with Gasteiger partial charge in [0.15, 0.2) is 5.96 Å². The summed E-state index contributed by atoms with van der Waals surface area (Å²) in [5, 5.41) is 3.24. The maximum absolute atomic E-state index is 5.91. The molecular formula is C17H38IN5. The molecule has 0 aliphatic carbocycles. The molecule has 1 fully saturated rings. The molecule has 0 radical (unpaired) electrons. The highest BCUT2D eigenvalue weighted by molar-refractivity contribution is 14.0. The van der Waals surface area contributed by atoms with Crippen LogP contribution in [-0.4, -0.2) is 68.1 Å². The third kappa shape index (κ3) is 12.0. The third-order valence-electron chi connectivity index (χ3n) is 4.44. The largest absolute Gasteiger partial charge is 0.370 e. The van der Waals surface area contributed by atoms with Gasteiger partial charge in [0.05, 0.1) is 0 Å². The van der Waals surface area contributed by atoms with Crippen molar-refractivity contribution >= 4 is 29.9 Å². The summed E-state index contributed by atoms with van der Waals surface area (Å²) in [6.07, 6.45) is 7.80. The smallest absolute Gasteiger partial charge is 0.188 e. The molecule has 0 unspecified atom stereocenters. The van der Waals surface area contributed by atoms with Crippen molar-refractivity contribution in [1.82, 2.24) is 15.1 Å². The van der Waals surface area contributed by atoms with Gasteiger partial charge in [0.2, 0.25) is 0 Å². The Labute approximate surface area is 160 Å². The molecule has 0 atom stereocenters. The zero-order valence-corrected chi connectivity index (χ0v) is 17.6. The van der Waals surface area contributed by atoms with E-state index in [9.17, 15) is 0 Å². The molecule has 0 saturated carbocycles. The molecule has 1 aliphatic rings. The van der Waals surface area contributed by atoms with Crippen LogP contribution in [0.1, 0.15) is 52.4 Å². The van der Waals surface area contributed by atoms with Crippen molar-refractivity contribution in [3.8, 4) is 0 Å². The molecule has 138 valence electrons. The van der Waals surface area contributed by atoms with Crippen LogP contribution in [0.25, 0.3) is 0 Å². The lowest BCUT2D eigenvalue weighted by atomic mass is 10.1. The van der Waals surface area contributed by atoms with E-state index in [2.05, 4.69) is 34.0 Å². The number of nitrogens with one attached hydrogen (secondary N) is 1. The van der Waals surface area contributed by atoms with Crippen molar-refractivity contribution < 1.29 is 0 Å². The summed E-state index contributed by atoms with van der Waals surface area (Å²) < 4.78 is 0. The van der Waals surface area contributed by atoms with E-state index in [1.807, 2.05) is 0 Å². The van der Waals surface area contributed by atoms with Gasteiger partial charge in [-0.05, 0) is 13.0 Å². The average Bonchev–Trinajstić information content (AvgIpc) is 2.54. The first-order valence-corrected chi connectivity index (χ1v) is 9.24. The molecule has 0 aromatic carbocycles. The number of halogens is 1. The van der Waals surface area contributed by atoms with Gasteiger partial charge in [-0.3, -0.25) is 9.89 Å². The second kappa shape index (κ2) is 15.4. The molecule has 0 bridgehead atoms. The summed E-state index contributed by atoms with van der Waals surface area (Å²) in [7, 11) is 0. The fraction of sp³-hybridized carbons (Fsp3) is 0.941. The molecule has 6 heteroatoms. The average molecular weight is 439 g/mol. The van der Waals surface area contributed by atoms with E-state index in [1.165, 1.54) is 64.8 Å². The van der Waals surface area contributed by atoms with Crippen LogP contribution in [0.3, 0.4) is 0 Å². The van der Waals surface area contributed by atoms with Gasteiger partial charge in [-0.2, -0.15) is 0 Å². The van der Waals surface area contributed by atoms with Gasteiger partial charge in [-0.25, -0.2) is 0 Å². The monoisotopic (exact) mass is 439 g/mol. The van der Waals surface area contributed by atoms with Crippen LogP contribution < -0.4 is 11.1 Å². The molecule has 0 amide bonds. The number of likely N-dealkylation sites (N-methyl/N-ethyl adjacent to an activating group) is 1. The van der Waals surface area contributed by atoms with E-state index < -0.39 is 0 Å². The summed E-state index contributed by atoms with van der Waals surface area (Å²) in [5.74, 6) is 0.612. The molecule has 0 aromatic rings. The topological polar surface area (TPSA) is 56.9 Å². The highest BCUT2D eigenvalue weighted by Gasteiger charge is 2.14. The minimum atomic E-state index is 0. The van der Waals surface area contributed by atoms with Gasteiger partial charge in [0.25, 0.3) is 0 Å². The summed E-state index contributed by atoms with van der Waals surface area (Å²) >= 11 is 0. The minimum Gasteiger partial charge on any atom is -0.370 e. The predicted octanol–water partition coefficient (Wildman–Crippen LogP) is 2.51. The number of guanidine groups is 1. The first-order chi connectivity index (χ1) is 10.8. The van der Waals surface area contributed by atoms with Crippen molar-refractivity contribution in [2.24, 2.45) is 10.7 Å². The molecule has 1 rings (SSSR count). The number of rotatable bonds is 11. The molecular weight excluding hydrogens is 401 g/mol. The summed E-state index contributed by atoms with van der Waals surface area (Å²) in [6, 6.07) is 0. The second-order valence-electron chi connectivity index (χ2n) is 6.24. The Bertz CT molecular complexity index is 291. The zero-order valence-electron chi connectivity index (χ0n) is 15.2. The summed E-state index contributed by atoms with van der Waals surface area (Å²) in [5.41, 5.74) is 5.91. The van der Waals surface area contributed by atoms with Gasteiger partial charge in [-0.15, -0.1) is 24.0 Å². The van der Waals surface area contributed by atoms with Gasteiger partial charge >= 0.3 is 0 Å². The Morgan fingerprint density at radius 3 is 2.22 bits per heavy atom. The van der Waals surface area contributed by atoms with Gasteiger partial charge in [0, 0.05) is 45.8 Å². The summed E-state index contributed by atoms with van der Waals surface area (Å²) in [4.78, 5) is 9.41. The van der Waals surface area contributed by atoms with Gasteiger partial charge in [0.1, 0.15) is 0 Å². The van der Waals surface area contributed by atoms with Crippen LogP contribution in [-0.2, 0) is 0 Å². The normalized spacial score (nSPS) is 17.0. The van der Waals surface area contributed by atoms with Gasteiger partial charge < -0.3 is 16.0 Å². The molecule has 3 N–H and O–H groups in total. The predicted molar refractivity (Wildman–Crippen MR) is 112 cm³/mol. The Kier molecular flexibility index (Phi) is 15.4. The number of unbranched alkanes of at least 4 members (excludes halogenated alkanes) is 5. The molecule has 23 heavy (non-hydrogen) atoms. The van der Waals surface area contributed by atoms with Crippen molar-refractivity contribution in [2.75, 3.05) is 52.4 Å². The Hall–Kier alpha value is -0.0800. The molecule has 0 aromatic heterocycles. The van der Waals surface area contributed by atoms with E-state index in [4.69, 9.17) is 5.73 Å². The lowest BCUT2D eigenvalue weighted by molar-refractivity contribution is 0.139. The first-order valence-electron chi connectivity index (χ1n) is 9.24. The van der Waals surface area contributed by atoms with Crippen LogP contribution in [0.4, 0.5) is 0 Å². The number of hydrogen-bond donors (Lipinski definition) is 2. The number of aliphatic imine (C=N–C) groups is 1. The Morgan fingerprint density at radius 1 is 0.957 bits per heavy atom. The van der Waals surface area contributed by atoms with E-state index in [0.717, 1.165) is 26.1 Å². The standard InChI is InChI=1S/C17H37N5.HI/c1-3-5-6-7-8-9-10-19-17(18)20-11-12-22-15-13-21(4-2)14-16-22;/h3-16H2,1-2H3,(H3,18,19,20);1H. The minimum absolute atomic E-state index is 0. The van der Waals surface area contributed by atoms with E-state index in [-0.39, 0.29) is 24.0 Å². The van der Waals surface area contributed by atoms with Crippen LogP contribution in [0, 0.1) is 0 Å². The quantitative estimate of drug-likeness (QED) is 0.225. The number of nitrogens with two attached hydrogens (primary N) is 1. The fourth-order valence-corrected chi connectivity index (χ4v) is 2.82. The second-order valence-corrected chi connectivity index (χ2v) is 6.24. The molecule has 0 spiro atoms. The summed E-state index contributed by atoms with van der Waals surface area (Å²) in [6.45, 7) is 13.2. The van der Waals surface area contributed by atoms with E-state index in [0.29, 0.717) is 5.96 Å². The molecule has 1 heterocycles. The fourth-order valence-electron chi connectivity index (χ4n) is 2.82. The molecule has 5 nitrogen and oxygen atoms in total. The lowest BCUT2D eigenvalue weighted by Gasteiger charge is -2.33. The Morgan fingerprint density at radius 2 is 1.57 bits per heavy atom. The highest BCUT2D eigenvalue weighted by Crippen LogP contribution is 2.04. The van der Waals surface area contributed by atoms with Crippen LogP contribution in [0.15, 0.2) is 4.99 Å². The zero-order chi connectivity index (χ0) is 16.0. The maximum atomic E-state index is 5.91. The van der Waals surface area contributed by atoms with Crippen LogP contribution in [0.5, 0.6) is 0 Å². The Balaban J connectivity index is 0.00000484. The lowest BCUT2D eigenvalue weighted by Crippen LogP contribution is -2.48. The van der Waals surface area contributed by atoms with E-state index in [1.54, 1.807) is 0 Å². The number of hydrogen-bond acceptors (Lipinski definition) is 3. The van der Waals surface area contributed by atoms with Crippen molar-refractivity contribution in [2.45, 2.75) is 52.4 Å². The van der Waals surface area contributed by atoms with Crippen LogP contribution in [0.2, 0.25) is 0 Å². The van der Waals surface area contributed by atoms with Crippen molar-refractivity contribution in [3.05, 3.63) is 0 Å². The molecule has 1 aliphatic heterocycles. The van der Waals surface area contributed by atoms with Gasteiger partial charge in [-0.1, -0.05) is 46.0 Å². The number of nitrogens with zero attached hydrogens (tertiary/aromatic N) is 3. The van der Waals surface area contributed by atoms with E-state index >= 15 is 0 Å². The third-order valence-corrected chi connectivity index (χ3v) is 4.44. The SMILES string of the molecule is CCCCCCCCN=C(N)NCCN1CCN(CC)CC1.I. The van der Waals surface area contributed by atoms with Crippen LogP contribution >= 0.6 is 24.0 Å². The maximum Gasteiger partial charge on any atom is 0.188 e. The highest BCUT2D eigenvalue weighted by atomic mass is 127.